The molecule has 0 unspecified atom stereocenters. The monoisotopic (exact) mass is 347 g/mol. The van der Waals surface area contributed by atoms with Crippen molar-refractivity contribution < 1.29 is 9.47 Å². The number of rotatable bonds is 9. The van der Waals surface area contributed by atoms with Gasteiger partial charge in [-0.05, 0) is 59.3 Å². The molecule has 3 nitrogen and oxygen atoms in total. The maximum Gasteiger partial charge on any atom is 0.175 e. The van der Waals surface area contributed by atoms with Gasteiger partial charge in [-0.15, -0.1) is 0 Å². The molecule has 1 aromatic carbocycles. The summed E-state index contributed by atoms with van der Waals surface area (Å²) in [7, 11) is 0. The third kappa shape index (κ3) is 5.63. The molecule has 19 heavy (non-hydrogen) atoms. The highest BCUT2D eigenvalue weighted by Crippen LogP contribution is 2.37. The van der Waals surface area contributed by atoms with Crippen molar-refractivity contribution in [2.75, 3.05) is 31.3 Å². The summed E-state index contributed by atoms with van der Waals surface area (Å²) in [5.41, 5.74) is 6.76. The van der Waals surface area contributed by atoms with Gasteiger partial charge in [0.15, 0.2) is 11.5 Å². The normalized spacial score (nSPS) is 10.5. The number of ether oxygens (including phenoxy) is 2. The Morgan fingerprint density at radius 2 is 2.05 bits per heavy atom. The van der Waals surface area contributed by atoms with Crippen LogP contribution in [0.2, 0.25) is 0 Å². The summed E-state index contributed by atoms with van der Waals surface area (Å²) < 4.78 is 12.4. The van der Waals surface area contributed by atoms with Crippen LogP contribution in [0.5, 0.6) is 11.5 Å². The predicted molar refractivity (Wildman–Crippen MR) is 86.6 cm³/mol. The summed E-state index contributed by atoms with van der Waals surface area (Å²) >= 11 is 5.42. The van der Waals surface area contributed by atoms with Gasteiger partial charge in [0.2, 0.25) is 0 Å². The topological polar surface area (TPSA) is 44.5 Å². The molecule has 1 aromatic rings. The van der Waals surface area contributed by atoms with Gasteiger partial charge in [-0.25, -0.2) is 0 Å². The number of thioether (sulfide) groups is 1. The molecule has 0 atom stereocenters. The Hall–Kier alpha value is -0.390. The SMILES string of the molecule is CCOc1cc(CCN)cc(Br)c1OCCSCC. The van der Waals surface area contributed by atoms with Crippen LogP contribution < -0.4 is 15.2 Å². The average Bonchev–Trinajstić information content (AvgIpc) is 2.38. The third-order valence-corrected chi connectivity index (χ3v) is 3.93. The molecular weight excluding hydrogens is 326 g/mol. The van der Waals surface area contributed by atoms with Crippen LogP contribution in [0.25, 0.3) is 0 Å². The fourth-order valence-corrected chi connectivity index (χ4v) is 2.78. The molecule has 0 aliphatic heterocycles. The first-order valence-corrected chi connectivity index (χ1v) is 8.53. The van der Waals surface area contributed by atoms with Gasteiger partial charge in [-0.1, -0.05) is 6.92 Å². The van der Waals surface area contributed by atoms with Crippen LogP contribution in [0.15, 0.2) is 16.6 Å². The van der Waals surface area contributed by atoms with Gasteiger partial charge in [0.1, 0.15) is 0 Å². The Bertz CT molecular complexity index is 388. The molecule has 0 aliphatic rings. The van der Waals surface area contributed by atoms with E-state index in [-0.39, 0.29) is 0 Å². The smallest absolute Gasteiger partial charge is 0.175 e. The summed E-state index contributed by atoms with van der Waals surface area (Å²) in [5, 5.41) is 0. The standard InChI is InChI=1S/C14H22BrNO2S/c1-3-17-13-10-11(5-6-16)9-12(15)14(13)18-7-8-19-4-2/h9-10H,3-8,16H2,1-2H3. The van der Waals surface area contributed by atoms with E-state index in [1.165, 1.54) is 0 Å². The second-order valence-corrected chi connectivity index (χ2v) is 6.17. The van der Waals surface area contributed by atoms with Crippen molar-refractivity contribution in [3.05, 3.63) is 22.2 Å². The van der Waals surface area contributed by atoms with Crippen molar-refractivity contribution >= 4 is 27.7 Å². The molecular formula is C14H22BrNO2S. The molecule has 108 valence electrons. The van der Waals surface area contributed by atoms with E-state index < -0.39 is 0 Å². The summed E-state index contributed by atoms with van der Waals surface area (Å²) in [4.78, 5) is 0. The van der Waals surface area contributed by atoms with Crippen molar-refractivity contribution in [2.45, 2.75) is 20.3 Å². The molecule has 0 saturated heterocycles. The minimum Gasteiger partial charge on any atom is -0.490 e. The zero-order chi connectivity index (χ0) is 14.1. The highest BCUT2D eigenvalue weighted by molar-refractivity contribution is 9.10. The van der Waals surface area contributed by atoms with E-state index >= 15 is 0 Å². The van der Waals surface area contributed by atoms with Gasteiger partial charge < -0.3 is 15.2 Å². The molecule has 2 N–H and O–H groups in total. The zero-order valence-corrected chi connectivity index (χ0v) is 14.0. The van der Waals surface area contributed by atoms with E-state index in [2.05, 4.69) is 28.9 Å². The maximum atomic E-state index is 5.83. The number of halogens is 1. The van der Waals surface area contributed by atoms with Crippen LogP contribution in [0.3, 0.4) is 0 Å². The van der Waals surface area contributed by atoms with Gasteiger partial charge in [-0.2, -0.15) is 11.8 Å². The third-order valence-electron chi connectivity index (χ3n) is 2.48. The van der Waals surface area contributed by atoms with E-state index in [1.807, 2.05) is 24.8 Å². The van der Waals surface area contributed by atoms with E-state index in [0.717, 1.165) is 39.5 Å². The molecule has 0 aliphatic carbocycles. The van der Waals surface area contributed by atoms with Crippen molar-refractivity contribution in [2.24, 2.45) is 5.73 Å². The highest BCUT2D eigenvalue weighted by Gasteiger charge is 2.12. The van der Waals surface area contributed by atoms with Crippen molar-refractivity contribution in [1.29, 1.82) is 0 Å². The van der Waals surface area contributed by atoms with Gasteiger partial charge in [-0.3, -0.25) is 0 Å². The van der Waals surface area contributed by atoms with Crippen LogP contribution in [0.4, 0.5) is 0 Å². The van der Waals surface area contributed by atoms with Crippen molar-refractivity contribution in [3.8, 4) is 11.5 Å². The lowest BCUT2D eigenvalue weighted by Crippen LogP contribution is -2.06. The molecule has 5 heteroatoms. The van der Waals surface area contributed by atoms with Gasteiger partial charge in [0.25, 0.3) is 0 Å². The predicted octanol–water partition coefficient (Wildman–Crippen LogP) is 3.48. The first-order chi connectivity index (χ1) is 9.22. The summed E-state index contributed by atoms with van der Waals surface area (Å²) in [6.45, 7) is 6.06. The van der Waals surface area contributed by atoms with E-state index in [1.54, 1.807) is 0 Å². The lowest BCUT2D eigenvalue weighted by Gasteiger charge is -2.15. The molecule has 0 fully saturated rings. The number of benzene rings is 1. The molecule has 0 amide bonds. The van der Waals surface area contributed by atoms with Crippen molar-refractivity contribution in [1.82, 2.24) is 0 Å². The summed E-state index contributed by atoms with van der Waals surface area (Å²) in [6, 6.07) is 4.07. The molecule has 0 aromatic heterocycles. The molecule has 0 spiro atoms. The molecule has 0 saturated carbocycles. The Kier molecular flexibility index (Phi) is 8.34. The minimum absolute atomic E-state index is 0.624. The zero-order valence-electron chi connectivity index (χ0n) is 11.6. The lowest BCUT2D eigenvalue weighted by molar-refractivity contribution is 0.287. The van der Waals surface area contributed by atoms with E-state index in [0.29, 0.717) is 19.8 Å². The molecule has 0 radical (unpaired) electrons. The lowest BCUT2D eigenvalue weighted by atomic mass is 10.1. The Labute approximate surface area is 128 Å². The maximum absolute atomic E-state index is 5.83. The number of hydrogen-bond acceptors (Lipinski definition) is 4. The van der Waals surface area contributed by atoms with Crippen LogP contribution in [0, 0.1) is 0 Å². The fourth-order valence-electron chi connectivity index (χ4n) is 1.68. The van der Waals surface area contributed by atoms with Gasteiger partial charge >= 0.3 is 0 Å². The van der Waals surface area contributed by atoms with Gasteiger partial charge in [0, 0.05) is 5.75 Å². The van der Waals surface area contributed by atoms with Crippen LogP contribution in [-0.2, 0) is 6.42 Å². The largest absolute Gasteiger partial charge is 0.490 e. The van der Waals surface area contributed by atoms with Gasteiger partial charge in [0.05, 0.1) is 17.7 Å². The minimum atomic E-state index is 0.624. The second kappa shape index (κ2) is 9.50. The number of nitrogens with two attached hydrogens (primary N) is 1. The Morgan fingerprint density at radius 1 is 1.26 bits per heavy atom. The van der Waals surface area contributed by atoms with Crippen LogP contribution >= 0.6 is 27.7 Å². The van der Waals surface area contributed by atoms with Crippen LogP contribution in [0.1, 0.15) is 19.4 Å². The molecule has 0 bridgehead atoms. The Morgan fingerprint density at radius 3 is 2.68 bits per heavy atom. The highest BCUT2D eigenvalue weighted by atomic mass is 79.9. The first-order valence-electron chi connectivity index (χ1n) is 6.58. The van der Waals surface area contributed by atoms with E-state index in [4.69, 9.17) is 15.2 Å². The molecule has 1 rings (SSSR count). The Balaban J connectivity index is 2.81. The quantitative estimate of drug-likeness (QED) is 0.694. The summed E-state index contributed by atoms with van der Waals surface area (Å²) in [6.07, 6.45) is 0.838. The van der Waals surface area contributed by atoms with Crippen molar-refractivity contribution in [3.63, 3.8) is 0 Å². The fraction of sp³-hybridized carbons (Fsp3) is 0.571. The first kappa shape index (κ1) is 16.7. The van der Waals surface area contributed by atoms with Crippen LogP contribution in [-0.4, -0.2) is 31.3 Å². The van der Waals surface area contributed by atoms with E-state index in [9.17, 15) is 0 Å². The molecule has 0 heterocycles. The second-order valence-electron chi connectivity index (χ2n) is 3.92. The average molecular weight is 348 g/mol. The number of hydrogen-bond donors (Lipinski definition) is 1. The summed E-state index contributed by atoms with van der Waals surface area (Å²) in [5.74, 6) is 3.68.